The van der Waals surface area contributed by atoms with Gasteiger partial charge in [-0.1, -0.05) is 127 Å². The molecule has 0 spiro atoms. The molecule has 0 saturated heterocycles. The van der Waals surface area contributed by atoms with Gasteiger partial charge >= 0.3 is 0 Å². The van der Waals surface area contributed by atoms with Crippen molar-refractivity contribution in [2.24, 2.45) is 0 Å². The summed E-state index contributed by atoms with van der Waals surface area (Å²) < 4.78 is 2.14. The SMILES string of the molecule is c1ccc(-c2nc3ccccc3c3c2ccc2cc(-c4ccc(-c5nc6ccccn6c5-c5cc6ccccc6cn5)cc4)ccc23)cc1. The van der Waals surface area contributed by atoms with Gasteiger partial charge in [0.1, 0.15) is 5.65 Å². The molecule has 4 heteroatoms. The Hall–Kier alpha value is -6.65. The largest absolute Gasteiger partial charge is 0.298 e. The van der Waals surface area contributed by atoms with Gasteiger partial charge in [-0.05, 0) is 57.6 Å². The number of pyridine rings is 3. The first-order valence-electron chi connectivity index (χ1n) is 16.5. The fourth-order valence-electron chi connectivity index (χ4n) is 7.25. The van der Waals surface area contributed by atoms with Crippen molar-refractivity contribution >= 4 is 48.9 Å². The summed E-state index contributed by atoms with van der Waals surface area (Å²) in [6.45, 7) is 0. The van der Waals surface area contributed by atoms with Crippen LogP contribution >= 0.6 is 0 Å². The maximum absolute atomic E-state index is 5.12. The molecule has 4 heterocycles. The lowest BCUT2D eigenvalue weighted by molar-refractivity contribution is 1.17. The van der Waals surface area contributed by atoms with Crippen molar-refractivity contribution in [2.75, 3.05) is 0 Å². The summed E-state index contributed by atoms with van der Waals surface area (Å²) in [6.07, 6.45) is 4.01. The molecule has 6 aromatic carbocycles. The van der Waals surface area contributed by atoms with Crippen LogP contribution in [0.1, 0.15) is 0 Å². The summed E-state index contributed by atoms with van der Waals surface area (Å²) in [5.41, 5.74) is 10.2. The fraction of sp³-hybridized carbons (Fsp3) is 0. The van der Waals surface area contributed by atoms with E-state index in [4.69, 9.17) is 15.0 Å². The summed E-state index contributed by atoms with van der Waals surface area (Å²) in [7, 11) is 0. The fourth-order valence-corrected chi connectivity index (χ4v) is 7.25. The van der Waals surface area contributed by atoms with E-state index in [-0.39, 0.29) is 0 Å². The quantitative estimate of drug-likeness (QED) is 0.183. The minimum atomic E-state index is 0.895. The zero-order valence-corrected chi connectivity index (χ0v) is 26.5. The zero-order valence-electron chi connectivity index (χ0n) is 26.5. The van der Waals surface area contributed by atoms with Gasteiger partial charge in [-0.15, -0.1) is 0 Å². The van der Waals surface area contributed by atoms with Crippen LogP contribution in [0.25, 0.3) is 93.9 Å². The number of hydrogen-bond acceptors (Lipinski definition) is 3. The monoisotopic (exact) mass is 624 g/mol. The van der Waals surface area contributed by atoms with Crippen LogP contribution in [-0.4, -0.2) is 19.4 Å². The van der Waals surface area contributed by atoms with Crippen molar-refractivity contribution in [3.8, 4) is 45.0 Å². The number of rotatable bonds is 4. The van der Waals surface area contributed by atoms with E-state index in [2.05, 4.69) is 144 Å². The van der Waals surface area contributed by atoms with Crippen LogP contribution in [0.15, 0.2) is 170 Å². The van der Waals surface area contributed by atoms with Crippen LogP contribution in [0.2, 0.25) is 0 Å². The number of imidazole rings is 1. The van der Waals surface area contributed by atoms with E-state index >= 15 is 0 Å². The Labute approximate surface area is 282 Å². The van der Waals surface area contributed by atoms with Crippen molar-refractivity contribution in [2.45, 2.75) is 0 Å². The van der Waals surface area contributed by atoms with E-state index in [1.54, 1.807) is 0 Å². The molecule has 10 aromatic rings. The molecule has 0 amide bonds. The highest BCUT2D eigenvalue weighted by Crippen LogP contribution is 2.39. The first kappa shape index (κ1) is 27.5. The summed E-state index contributed by atoms with van der Waals surface area (Å²) in [5.74, 6) is 0. The summed E-state index contributed by atoms with van der Waals surface area (Å²) in [5, 5.41) is 8.29. The van der Waals surface area contributed by atoms with E-state index in [1.807, 2.05) is 30.5 Å². The minimum Gasteiger partial charge on any atom is -0.298 e. The first-order chi connectivity index (χ1) is 24.3. The Morgan fingerprint density at radius 1 is 0.429 bits per heavy atom. The Balaban J connectivity index is 1.08. The predicted octanol–water partition coefficient (Wildman–Crippen LogP) is 11.4. The molecule has 0 saturated carbocycles. The van der Waals surface area contributed by atoms with Crippen molar-refractivity contribution < 1.29 is 0 Å². The lowest BCUT2D eigenvalue weighted by Crippen LogP contribution is -1.92. The van der Waals surface area contributed by atoms with Crippen molar-refractivity contribution in [3.63, 3.8) is 0 Å². The van der Waals surface area contributed by atoms with Crippen LogP contribution in [0.3, 0.4) is 0 Å². The normalized spacial score (nSPS) is 11.7. The molecule has 0 aliphatic heterocycles. The van der Waals surface area contributed by atoms with Crippen molar-refractivity contribution in [1.82, 2.24) is 19.4 Å². The average Bonchev–Trinajstić information content (AvgIpc) is 3.57. The molecule has 4 nitrogen and oxygen atoms in total. The number of nitrogens with zero attached hydrogens (tertiary/aromatic N) is 4. The number of hydrogen-bond donors (Lipinski definition) is 0. The zero-order chi connectivity index (χ0) is 32.3. The number of benzene rings is 6. The van der Waals surface area contributed by atoms with E-state index < -0.39 is 0 Å². The van der Waals surface area contributed by atoms with Gasteiger partial charge < -0.3 is 0 Å². The average molecular weight is 625 g/mol. The summed E-state index contributed by atoms with van der Waals surface area (Å²) >= 11 is 0. The third kappa shape index (κ3) is 4.49. The van der Waals surface area contributed by atoms with Crippen molar-refractivity contribution in [1.29, 1.82) is 0 Å². The Morgan fingerprint density at radius 3 is 2.04 bits per heavy atom. The summed E-state index contributed by atoms with van der Waals surface area (Å²) in [4.78, 5) is 15.1. The van der Waals surface area contributed by atoms with Crippen LogP contribution < -0.4 is 0 Å². The van der Waals surface area contributed by atoms with Crippen molar-refractivity contribution in [3.05, 3.63) is 170 Å². The molecule has 49 heavy (non-hydrogen) atoms. The van der Waals surface area contributed by atoms with E-state index in [1.165, 1.54) is 32.5 Å². The molecule has 0 aliphatic rings. The van der Waals surface area contributed by atoms with E-state index in [9.17, 15) is 0 Å². The van der Waals surface area contributed by atoms with Crippen LogP contribution in [0, 0.1) is 0 Å². The molecule has 228 valence electrons. The van der Waals surface area contributed by atoms with Gasteiger partial charge in [-0.3, -0.25) is 9.38 Å². The van der Waals surface area contributed by atoms with Gasteiger partial charge in [0.15, 0.2) is 0 Å². The molecule has 0 bridgehead atoms. The molecular weight excluding hydrogens is 597 g/mol. The van der Waals surface area contributed by atoms with Crippen LogP contribution in [0.5, 0.6) is 0 Å². The number of para-hydroxylation sites is 1. The third-order valence-electron chi connectivity index (χ3n) is 9.62. The van der Waals surface area contributed by atoms with E-state index in [0.717, 1.165) is 61.4 Å². The second-order valence-corrected chi connectivity index (χ2v) is 12.5. The molecule has 0 N–H and O–H groups in total. The first-order valence-corrected chi connectivity index (χ1v) is 16.5. The second kappa shape index (κ2) is 11.0. The van der Waals surface area contributed by atoms with Gasteiger partial charge in [0, 0.05) is 45.1 Å². The maximum Gasteiger partial charge on any atom is 0.137 e. The molecule has 4 aromatic heterocycles. The Morgan fingerprint density at radius 2 is 1.14 bits per heavy atom. The molecule has 0 aliphatic carbocycles. The summed E-state index contributed by atoms with van der Waals surface area (Å²) in [6, 6.07) is 55.6. The highest BCUT2D eigenvalue weighted by molar-refractivity contribution is 6.22. The molecular formula is C45H28N4. The third-order valence-corrected chi connectivity index (χ3v) is 9.62. The van der Waals surface area contributed by atoms with E-state index in [0.29, 0.717) is 0 Å². The minimum absolute atomic E-state index is 0.895. The molecule has 0 atom stereocenters. The van der Waals surface area contributed by atoms with Gasteiger partial charge in [0.25, 0.3) is 0 Å². The highest BCUT2D eigenvalue weighted by atomic mass is 15.0. The van der Waals surface area contributed by atoms with Gasteiger partial charge in [-0.25, -0.2) is 9.97 Å². The number of fused-ring (bicyclic) bond motifs is 7. The molecule has 0 radical (unpaired) electrons. The Bertz CT molecular complexity index is 2870. The highest BCUT2D eigenvalue weighted by Gasteiger charge is 2.18. The lowest BCUT2D eigenvalue weighted by Gasteiger charge is -2.13. The van der Waals surface area contributed by atoms with Gasteiger partial charge in [0.05, 0.1) is 28.3 Å². The smallest absolute Gasteiger partial charge is 0.137 e. The van der Waals surface area contributed by atoms with Crippen LogP contribution in [-0.2, 0) is 0 Å². The maximum atomic E-state index is 5.12. The lowest BCUT2D eigenvalue weighted by atomic mass is 9.93. The molecule has 10 rings (SSSR count). The second-order valence-electron chi connectivity index (χ2n) is 12.5. The van der Waals surface area contributed by atoms with Gasteiger partial charge in [-0.2, -0.15) is 0 Å². The predicted molar refractivity (Wildman–Crippen MR) is 203 cm³/mol. The van der Waals surface area contributed by atoms with Gasteiger partial charge in [0.2, 0.25) is 0 Å². The standard InChI is InChI=1S/C45H28N4/c1-2-10-30(11-3-1)43-38-24-22-34-26-33(21-23-36(34)42(38)37-14-6-7-15-39(37)47-43)29-17-19-31(20-18-29)44-45(49-25-9-8-16-41(49)48-44)40-27-32-12-4-5-13-35(32)28-46-40/h1-28H. The number of aromatic nitrogens is 4. The molecule has 0 fully saturated rings. The topological polar surface area (TPSA) is 43.1 Å². The molecule has 0 unspecified atom stereocenters. The van der Waals surface area contributed by atoms with Crippen LogP contribution in [0.4, 0.5) is 0 Å². The Kier molecular flexibility index (Phi) is 6.15.